The van der Waals surface area contributed by atoms with Gasteiger partial charge in [0.2, 0.25) is 5.91 Å². The molecule has 62 heavy (non-hydrogen) atoms. The van der Waals surface area contributed by atoms with E-state index in [2.05, 4.69) is 38.1 Å². The molecule has 0 aliphatic carbocycles. The Morgan fingerprint density at radius 2 is 1.44 bits per heavy atom. The van der Waals surface area contributed by atoms with Crippen molar-refractivity contribution in [3.8, 4) is 0 Å². The van der Waals surface area contributed by atoms with Crippen LogP contribution in [0.4, 0.5) is 11.6 Å². The number of nitrogen functional groups attached to an aromatic ring is 2. The van der Waals surface area contributed by atoms with Gasteiger partial charge in [0.15, 0.2) is 28.4 Å². The van der Waals surface area contributed by atoms with Crippen molar-refractivity contribution in [3.05, 3.63) is 58.4 Å². The predicted octanol–water partition coefficient (Wildman–Crippen LogP) is -2.92. The summed E-state index contributed by atoms with van der Waals surface area (Å²) in [5.74, 6) is -1.82. The van der Waals surface area contributed by atoms with E-state index in [0.29, 0.717) is 32.4 Å². The van der Waals surface area contributed by atoms with Gasteiger partial charge >= 0.3 is 0 Å². The number of hydrogen-bond donors (Lipinski definition) is 16. The Morgan fingerprint density at radius 1 is 0.823 bits per heavy atom. The summed E-state index contributed by atoms with van der Waals surface area (Å²) in [7, 11) is 0. The van der Waals surface area contributed by atoms with Crippen LogP contribution in [-0.2, 0) is 17.6 Å². The minimum Gasteiger partial charge on any atom is -0.394 e. The fourth-order valence-electron chi connectivity index (χ4n) is 6.74. The van der Waals surface area contributed by atoms with Crippen molar-refractivity contribution in [2.45, 2.75) is 100 Å². The molecule has 2 aromatic carbocycles. The zero-order valence-electron chi connectivity index (χ0n) is 34.7. The van der Waals surface area contributed by atoms with Crippen LogP contribution < -0.4 is 33.2 Å². The van der Waals surface area contributed by atoms with Crippen LogP contribution in [-0.4, -0.2) is 173 Å². The van der Waals surface area contributed by atoms with Gasteiger partial charge in [-0.1, -0.05) is 48.0 Å². The van der Waals surface area contributed by atoms with Crippen LogP contribution in [0.1, 0.15) is 60.6 Å². The first kappa shape index (κ1) is 52.0. The zero-order valence-corrected chi connectivity index (χ0v) is 35.5. The number of anilines is 2. The Kier molecular flexibility index (Phi) is 21.0. The van der Waals surface area contributed by atoms with E-state index >= 15 is 0 Å². The molecule has 19 N–H and O–H groups in total. The highest BCUT2D eigenvalue weighted by atomic mass is 35.5. The average Bonchev–Trinajstić information content (AvgIpc) is 3.24. The van der Waals surface area contributed by atoms with Crippen LogP contribution >= 0.6 is 11.6 Å². The molecule has 1 aromatic heterocycles. The molecule has 0 saturated carbocycles. The van der Waals surface area contributed by atoms with Gasteiger partial charge < -0.3 is 78.7 Å². The van der Waals surface area contributed by atoms with Crippen molar-refractivity contribution >= 4 is 51.8 Å². The van der Waals surface area contributed by atoms with Gasteiger partial charge in [-0.05, 0) is 86.9 Å². The van der Waals surface area contributed by atoms with Gasteiger partial charge in [-0.25, -0.2) is 9.97 Å². The van der Waals surface area contributed by atoms with E-state index in [4.69, 9.17) is 39.3 Å². The van der Waals surface area contributed by atoms with Crippen molar-refractivity contribution < 1.29 is 55.5 Å². The number of fused-ring (bicyclic) bond motifs is 1. The molecular formula is C40H63ClN10O11. The van der Waals surface area contributed by atoms with E-state index < -0.39 is 73.3 Å². The second-order valence-electron chi connectivity index (χ2n) is 15.6. The van der Waals surface area contributed by atoms with Gasteiger partial charge in [0.05, 0.1) is 25.4 Å². The number of aryl methyl sites for hydroxylation is 2. The normalized spacial score (nSPS) is 16.2. The number of benzene rings is 2. The highest BCUT2D eigenvalue weighted by Gasteiger charge is 2.40. The monoisotopic (exact) mass is 894 g/mol. The minimum atomic E-state index is -2.01. The van der Waals surface area contributed by atoms with Gasteiger partial charge in [0, 0.05) is 19.6 Å². The first-order valence-electron chi connectivity index (χ1n) is 20.3. The second kappa shape index (κ2) is 25.1. The van der Waals surface area contributed by atoms with Crippen LogP contribution in [0.2, 0.25) is 5.15 Å². The van der Waals surface area contributed by atoms with E-state index in [1.54, 1.807) is 4.90 Å². The number of hydrogen-bond acceptors (Lipinski definition) is 18. The van der Waals surface area contributed by atoms with Crippen LogP contribution in [0.5, 0.6) is 0 Å². The molecule has 22 heteroatoms. The fourth-order valence-corrected chi connectivity index (χ4v) is 6.86. The molecule has 0 spiro atoms. The van der Waals surface area contributed by atoms with Crippen molar-refractivity contribution in [3.63, 3.8) is 0 Å². The SMILES string of the molecule is C[C@](O)(CN(CCCN[C@@H](CCc1ccc2cc(CCCCNC(=N)NC(=O)c3nc(Cl)c(N)nc3N)ccc2c1)C(N)=O)CC[C@@H](O)[C@H](O)[C@H](O)CO)[C@@H](O)[C@H](O)[C@H](O)CO. The molecule has 0 radical (unpaired) electrons. The molecule has 346 valence electrons. The number of nitrogens with zero attached hydrogens (tertiary/aromatic N) is 3. The number of nitrogens with two attached hydrogens (primary N) is 3. The van der Waals surface area contributed by atoms with Gasteiger partial charge in [0.25, 0.3) is 5.91 Å². The number of aromatic nitrogens is 2. The number of rotatable bonds is 27. The highest BCUT2D eigenvalue weighted by molar-refractivity contribution is 6.31. The van der Waals surface area contributed by atoms with Crippen molar-refractivity contribution in [2.24, 2.45) is 5.73 Å². The van der Waals surface area contributed by atoms with Crippen molar-refractivity contribution in [1.82, 2.24) is 30.8 Å². The number of unbranched alkanes of at least 4 members (excludes halogenated alkanes) is 1. The van der Waals surface area contributed by atoms with Crippen LogP contribution in [0.15, 0.2) is 36.4 Å². The Morgan fingerprint density at radius 3 is 2.05 bits per heavy atom. The molecular weight excluding hydrogens is 832 g/mol. The highest BCUT2D eigenvalue weighted by Crippen LogP contribution is 2.22. The molecule has 0 fully saturated rings. The molecule has 0 unspecified atom stereocenters. The number of amides is 2. The van der Waals surface area contributed by atoms with Gasteiger partial charge in [-0.3, -0.25) is 20.3 Å². The molecule has 3 rings (SSSR count). The first-order chi connectivity index (χ1) is 29.3. The molecule has 2 amide bonds. The largest absolute Gasteiger partial charge is 0.394 e. The molecule has 8 atom stereocenters. The standard InChI is InChI=1S/C40H63ClN10O11/c1-40(62,33(59)32(58)29(56)20-53)21-51(16-12-27(54)31(57)28(55)19-52)15-4-14-46-26(37(44)60)11-8-23-7-10-24-17-22(6-9-25(24)18-23)5-2-3-13-47-39(45)50-38(61)30-35(42)49-36(43)34(41)48-30/h6-7,9-10,17-18,26-29,31-33,46,52-59,62H,2-5,8,11-16,19-21H2,1H3,(H2,44,60)(H4,42,43,49)(H3,45,47,50,61)/t26-,27+,28+,29+,31-,32+,33-,40-/m0/s1. The summed E-state index contributed by atoms with van der Waals surface area (Å²) in [6, 6.07) is 11.6. The minimum absolute atomic E-state index is 0.0319. The number of halogens is 1. The van der Waals surface area contributed by atoms with Gasteiger partial charge in [-0.2, -0.15) is 0 Å². The maximum absolute atomic E-state index is 12.4. The molecule has 0 bridgehead atoms. The molecule has 0 aliphatic heterocycles. The van der Waals surface area contributed by atoms with Gasteiger partial charge in [-0.15, -0.1) is 0 Å². The number of carbonyl (C=O) groups is 2. The smallest absolute Gasteiger partial charge is 0.280 e. The summed E-state index contributed by atoms with van der Waals surface area (Å²) >= 11 is 5.83. The maximum atomic E-state index is 12.4. The molecule has 21 nitrogen and oxygen atoms in total. The molecule has 0 saturated heterocycles. The van der Waals surface area contributed by atoms with Crippen LogP contribution in [0, 0.1) is 5.41 Å². The second-order valence-corrected chi connectivity index (χ2v) is 15.9. The summed E-state index contributed by atoms with van der Waals surface area (Å²) in [5, 5.41) is 108. The third kappa shape index (κ3) is 16.1. The summed E-state index contributed by atoms with van der Waals surface area (Å²) in [6.07, 6.45) is -6.57. The first-order valence-corrected chi connectivity index (χ1v) is 20.7. The summed E-state index contributed by atoms with van der Waals surface area (Å²) in [5.41, 5.74) is 16.9. The topological polar surface area (TPSA) is 383 Å². The van der Waals surface area contributed by atoms with E-state index in [-0.39, 0.29) is 54.5 Å². The number of carbonyl (C=O) groups excluding carboxylic acids is 2. The van der Waals surface area contributed by atoms with Crippen LogP contribution in [0.3, 0.4) is 0 Å². The van der Waals surface area contributed by atoms with E-state index in [1.807, 2.05) is 24.3 Å². The Labute approximate surface area is 364 Å². The van der Waals surface area contributed by atoms with E-state index in [1.165, 1.54) is 6.92 Å². The zero-order chi connectivity index (χ0) is 46.1. The number of guanidine groups is 1. The number of nitrogens with one attached hydrogen (secondary N) is 4. The van der Waals surface area contributed by atoms with E-state index in [0.717, 1.165) is 41.2 Å². The maximum Gasteiger partial charge on any atom is 0.280 e. The summed E-state index contributed by atoms with van der Waals surface area (Å²) < 4.78 is 0. The third-order valence-electron chi connectivity index (χ3n) is 10.4. The van der Waals surface area contributed by atoms with Crippen molar-refractivity contribution in [1.29, 1.82) is 5.41 Å². The fraction of sp³-hybridized carbons (Fsp3) is 0.575. The Balaban J connectivity index is 1.48. The van der Waals surface area contributed by atoms with Crippen LogP contribution in [0.25, 0.3) is 10.8 Å². The Hall–Kier alpha value is -4.36. The molecule has 0 aliphatic rings. The summed E-state index contributed by atoms with van der Waals surface area (Å²) in [4.78, 5) is 34.0. The number of aliphatic hydroxyl groups excluding tert-OH is 8. The van der Waals surface area contributed by atoms with Gasteiger partial charge in [0.1, 0.15) is 36.1 Å². The number of aliphatic hydroxyl groups is 9. The predicted molar refractivity (Wildman–Crippen MR) is 232 cm³/mol. The number of primary amides is 1. The lowest BCUT2D eigenvalue weighted by atomic mass is 9.91. The summed E-state index contributed by atoms with van der Waals surface area (Å²) in [6.45, 7) is 0.324. The quantitative estimate of drug-likeness (QED) is 0.0207. The third-order valence-corrected chi connectivity index (χ3v) is 10.7. The lowest BCUT2D eigenvalue weighted by Gasteiger charge is -2.38. The lowest BCUT2D eigenvalue weighted by molar-refractivity contribution is -0.159. The van der Waals surface area contributed by atoms with Crippen molar-refractivity contribution in [2.75, 3.05) is 57.4 Å². The Bertz CT molecular complexity index is 1910. The average molecular weight is 895 g/mol. The lowest BCUT2D eigenvalue weighted by Crippen LogP contribution is -2.57. The molecule has 1 heterocycles. The molecule has 3 aromatic rings. The van der Waals surface area contributed by atoms with E-state index in [9.17, 15) is 50.4 Å².